The van der Waals surface area contributed by atoms with Gasteiger partial charge in [-0.3, -0.25) is 0 Å². The highest BCUT2D eigenvalue weighted by Gasteiger charge is 2.75. The highest BCUT2D eigenvalue weighted by atomic mass is 15.3. The number of allylic oxidation sites excluding steroid dienone is 1. The highest BCUT2D eigenvalue weighted by Crippen LogP contribution is 2.76. The molecular weight excluding hydrogens is 446 g/mol. The van der Waals surface area contributed by atoms with Gasteiger partial charge in [0.25, 0.3) is 0 Å². The van der Waals surface area contributed by atoms with Gasteiger partial charge in [0.2, 0.25) is 0 Å². The average Bonchev–Trinajstić information content (AvgIpc) is 2.70. The van der Waals surface area contributed by atoms with E-state index in [9.17, 15) is 0 Å². The average molecular weight is 502 g/mol. The number of nitrogens with two attached hydrogens (primary N) is 7. The topological polar surface area (TPSA) is 182 Å². The van der Waals surface area contributed by atoms with Crippen molar-refractivity contribution in [2.75, 3.05) is 0 Å². The molecule has 7 nitrogen and oxygen atoms in total. The van der Waals surface area contributed by atoms with Crippen LogP contribution in [0.5, 0.6) is 0 Å². The molecule has 0 spiro atoms. The Morgan fingerprint density at radius 3 is 2.00 bits per heavy atom. The molecule has 7 heteroatoms. The Bertz CT molecular complexity index is 984. The first kappa shape index (κ1) is 27.0. The van der Waals surface area contributed by atoms with Crippen molar-refractivity contribution in [1.82, 2.24) is 0 Å². The zero-order chi connectivity index (χ0) is 27.1. The summed E-state index contributed by atoms with van der Waals surface area (Å²) >= 11 is 0. The van der Waals surface area contributed by atoms with Gasteiger partial charge in [-0.2, -0.15) is 0 Å². The van der Waals surface area contributed by atoms with E-state index in [0.29, 0.717) is 23.7 Å². The van der Waals surface area contributed by atoms with E-state index in [4.69, 9.17) is 40.1 Å². The van der Waals surface area contributed by atoms with Gasteiger partial charge in [-0.15, -0.1) is 0 Å². The van der Waals surface area contributed by atoms with E-state index >= 15 is 0 Å². The molecule has 14 N–H and O–H groups in total. The normalized spacial score (nSPS) is 56.9. The van der Waals surface area contributed by atoms with Crippen molar-refractivity contribution in [3.8, 4) is 0 Å². The monoisotopic (exact) mass is 501 g/mol. The predicted octanol–water partition coefficient (Wildman–Crippen LogP) is 2.42. The third-order valence-electron chi connectivity index (χ3n) is 13.6. The Hall–Kier alpha value is -0.540. The quantitative estimate of drug-likeness (QED) is 0.196. The van der Waals surface area contributed by atoms with E-state index in [2.05, 4.69) is 54.5 Å². The van der Waals surface area contributed by atoms with Gasteiger partial charge in [0.1, 0.15) is 11.3 Å². The smallest absolute Gasteiger partial charge is 0.128 e. The first-order chi connectivity index (χ1) is 16.1. The summed E-state index contributed by atoms with van der Waals surface area (Å²) in [7, 11) is 0. The minimum atomic E-state index is -1.59. The molecule has 3 unspecified atom stereocenters. The minimum Gasteiger partial charge on any atom is -0.322 e. The van der Waals surface area contributed by atoms with Crippen molar-refractivity contribution in [1.29, 1.82) is 0 Å². The molecule has 0 aromatic rings. The summed E-state index contributed by atoms with van der Waals surface area (Å²) in [6, 6.07) is 0. The molecule has 4 fully saturated rings. The lowest BCUT2D eigenvalue weighted by Crippen LogP contribution is -2.96. The predicted molar refractivity (Wildman–Crippen MR) is 148 cm³/mol. The second kappa shape index (κ2) is 7.15. The van der Waals surface area contributed by atoms with Crippen LogP contribution < -0.4 is 40.1 Å². The minimum absolute atomic E-state index is 0.0394. The fourth-order valence-corrected chi connectivity index (χ4v) is 11.5. The van der Waals surface area contributed by atoms with Crippen LogP contribution >= 0.6 is 0 Å². The Kier molecular flexibility index (Phi) is 5.37. The summed E-state index contributed by atoms with van der Waals surface area (Å²) in [6.45, 7) is 17.0. The highest BCUT2D eigenvalue weighted by molar-refractivity contribution is 5.40. The van der Waals surface area contributed by atoms with Gasteiger partial charge in [0, 0.05) is 5.54 Å². The molecule has 5 aliphatic rings. The molecule has 5 rings (SSSR count). The molecule has 0 bridgehead atoms. The van der Waals surface area contributed by atoms with Crippen molar-refractivity contribution >= 4 is 0 Å². The van der Waals surface area contributed by atoms with Gasteiger partial charge in [-0.1, -0.05) is 53.2 Å². The van der Waals surface area contributed by atoms with Crippen LogP contribution in [-0.4, -0.2) is 22.5 Å². The molecule has 36 heavy (non-hydrogen) atoms. The SMILES string of the molecule is C[C@@H]1CC[C@]2(C)CC[C@]3(C)C(=C[C@@](C)(N)C4[C@@]5(C)CC(N)(N)C(N)(N)C(N)(N)C5CC[C@]43C)C2[C@H]1C. The maximum Gasteiger partial charge on any atom is 0.128 e. The van der Waals surface area contributed by atoms with Crippen molar-refractivity contribution in [2.24, 2.45) is 91.4 Å². The van der Waals surface area contributed by atoms with Gasteiger partial charge in [-0.25, -0.2) is 0 Å². The molecule has 0 saturated heterocycles. The lowest BCUT2D eigenvalue weighted by Gasteiger charge is -2.76. The van der Waals surface area contributed by atoms with Crippen LogP contribution in [0.2, 0.25) is 0 Å². The summed E-state index contributed by atoms with van der Waals surface area (Å²) in [6.07, 6.45) is 9.82. The summed E-state index contributed by atoms with van der Waals surface area (Å²) < 4.78 is 0. The molecule has 0 heterocycles. The molecule has 10 atom stereocenters. The van der Waals surface area contributed by atoms with E-state index in [0.717, 1.165) is 18.8 Å². The second-order valence-corrected chi connectivity index (χ2v) is 15.8. The van der Waals surface area contributed by atoms with Crippen LogP contribution in [0.1, 0.15) is 93.4 Å². The summed E-state index contributed by atoms with van der Waals surface area (Å²) in [5.41, 5.74) is 44.2. The Morgan fingerprint density at radius 2 is 1.39 bits per heavy atom. The molecule has 0 amide bonds. The van der Waals surface area contributed by atoms with Gasteiger partial charge in [0.05, 0.1) is 5.66 Å². The molecular formula is C29H55N7. The first-order valence-corrected chi connectivity index (χ1v) is 14.4. The Morgan fingerprint density at radius 1 is 0.778 bits per heavy atom. The summed E-state index contributed by atoms with van der Waals surface area (Å²) in [5.74, 6) is 1.87. The fraction of sp³-hybridized carbons (Fsp3) is 0.931. The first-order valence-electron chi connectivity index (χ1n) is 14.4. The van der Waals surface area contributed by atoms with Crippen molar-refractivity contribution in [3.05, 3.63) is 11.6 Å². The van der Waals surface area contributed by atoms with E-state index in [1.165, 1.54) is 25.7 Å². The van der Waals surface area contributed by atoms with Gasteiger partial charge < -0.3 is 40.1 Å². The third-order valence-corrected chi connectivity index (χ3v) is 13.6. The molecule has 0 aliphatic heterocycles. The lowest BCUT2D eigenvalue weighted by atomic mass is 9.31. The molecule has 4 saturated carbocycles. The lowest BCUT2D eigenvalue weighted by molar-refractivity contribution is -0.213. The van der Waals surface area contributed by atoms with Crippen molar-refractivity contribution in [2.45, 2.75) is 116 Å². The van der Waals surface area contributed by atoms with Gasteiger partial charge in [-0.05, 0) is 103 Å². The van der Waals surface area contributed by atoms with Crippen LogP contribution in [0.3, 0.4) is 0 Å². The van der Waals surface area contributed by atoms with Crippen LogP contribution in [0.15, 0.2) is 11.6 Å². The molecule has 0 radical (unpaired) electrons. The molecule has 206 valence electrons. The van der Waals surface area contributed by atoms with E-state index in [1.807, 2.05) is 0 Å². The maximum absolute atomic E-state index is 7.46. The van der Waals surface area contributed by atoms with Crippen LogP contribution in [-0.2, 0) is 0 Å². The van der Waals surface area contributed by atoms with Crippen LogP contribution in [0.25, 0.3) is 0 Å². The van der Waals surface area contributed by atoms with Crippen molar-refractivity contribution < 1.29 is 0 Å². The van der Waals surface area contributed by atoms with Crippen molar-refractivity contribution in [3.63, 3.8) is 0 Å². The summed E-state index contributed by atoms with van der Waals surface area (Å²) in [5, 5.41) is 0. The fourth-order valence-electron chi connectivity index (χ4n) is 11.5. The van der Waals surface area contributed by atoms with E-state index < -0.39 is 27.9 Å². The Balaban J connectivity index is 1.71. The van der Waals surface area contributed by atoms with Crippen LogP contribution in [0.4, 0.5) is 0 Å². The second-order valence-electron chi connectivity index (χ2n) is 15.8. The summed E-state index contributed by atoms with van der Waals surface area (Å²) in [4.78, 5) is 0. The number of fused-ring (bicyclic) bond motifs is 7. The zero-order valence-electron chi connectivity index (χ0n) is 24.0. The van der Waals surface area contributed by atoms with Gasteiger partial charge in [0.15, 0.2) is 0 Å². The Labute approximate surface area is 219 Å². The number of rotatable bonds is 0. The third kappa shape index (κ3) is 2.89. The zero-order valence-corrected chi connectivity index (χ0v) is 24.0. The largest absolute Gasteiger partial charge is 0.322 e. The molecule has 5 aliphatic carbocycles. The van der Waals surface area contributed by atoms with Gasteiger partial charge >= 0.3 is 0 Å². The number of hydrogen-bond acceptors (Lipinski definition) is 7. The number of hydrogen-bond donors (Lipinski definition) is 7. The standard InChI is InChI=1S/C29H55N7/c1-16-8-10-22(3)12-13-24(5)18(20(22)17(16)2)14-26(7,30)21-23(4)15-27(31,32)29(35,36)28(33,34)19(23)9-11-25(21,24)6/h14,16-17,19-21H,8-13,15,30-36H2,1-7H3/t16-,17+,19?,20?,21?,22-,23+,24-,25-,26-/m1/s1. The van der Waals surface area contributed by atoms with E-state index in [1.54, 1.807) is 5.57 Å². The molecule has 0 aromatic carbocycles. The molecule has 0 aromatic heterocycles. The van der Waals surface area contributed by atoms with E-state index in [-0.39, 0.29) is 22.7 Å². The van der Waals surface area contributed by atoms with Crippen LogP contribution in [0, 0.1) is 51.2 Å². The maximum atomic E-state index is 7.46.